The van der Waals surface area contributed by atoms with Crippen LogP contribution in [-0.4, -0.2) is 9.97 Å². The van der Waals surface area contributed by atoms with Crippen molar-refractivity contribution >= 4 is 21.7 Å². The Bertz CT molecular complexity index is 1130. The summed E-state index contributed by atoms with van der Waals surface area (Å²) in [7, 11) is 0. The van der Waals surface area contributed by atoms with E-state index in [1.807, 2.05) is 18.2 Å². The van der Waals surface area contributed by atoms with Crippen molar-refractivity contribution in [2.24, 2.45) is 0 Å². The van der Waals surface area contributed by atoms with Crippen molar-refractivity contribution in [3.05, 3.63) is 88.5 Å². The van der Waals surface area contributed by atoms with Crippen molar-refractivity contribution in [3.63, 3.8) is 0 Å². The Morgan fingerprint density at radius 2 is 1.54 bits per heavy atom. The number of aromatic amines is 1. The minimum atomic E-state index is -0.0799. The summed E-state index contributed by atoms with van der Waals surface area (Å²) < 4.78 is 0. The molecule has 0 saturated carbocycles. The molecule has 4 nitrogen and oxygen atoms in total. The normalized spacial score (nSPS) is 13.8. The number of fused-ring (bicyclic) bond motifs is 2. The summed E-state index contributed by atoms with van der Waals surface area (Å²) in [5.41, 5.74) is 1.95. The van der Waals surface area contributed by atoms with Gasteiger partial charge in [0.15, 0.2) is 5.82 Å². The number of benzene rings is 3. The van der Waals surface area contributed by atoms with Crippen LogP contribution in [0.3, 0.4) is 0 Å². The SMILES string of the molecule is C[C@H]([NH2+][C@@H](C)c1cccc2ccccc12)c1nc2ccccc2c(=O)[nH]1. The largest absolute Gasteiger partial charge is 0.332 e. The molecule has 0 bridgehead atoms. The number of nitrogens with one attached hydrogen (secondary N) is 1. The summed E-state index contributed by atoms with van der Waals surface area (Å²) >= 11 is 0. The highest BCUT2D eigenvalue weighted by molar-refractivity contribution is 5.85. The first-order valence-electron chi connectivity index (χ1n) is 8.95. The fraction of sp³-hybridized carbons (Fsp3) is 0.182. The molecule has 0 fully saturated rings. The number of hydrogen-bond donors (Lipinski definition) is 2. The van der Waals surface area contributed by atoms with Crippen molar-refractivity contribution in [2.75, 3.05) is 0 Å². The monoisotopic (exact) mass is 344 g/mol. The molecular weight excluding hydrogens is 322 g/mol. The van der Waals surface area contributed by atoms with Crippen LogP contribution in [0.2, 0.25) is 0 Å². The Morgan fingerprint density at radius 1 is 0.846 bits per heavy atom. The van der Waals surface area contributed by atoms with E-state index in [4.69, 9.17) is 0 Å². The Morgan fingerprint density at radius 3 is 2.38 bits per heavy atom. The van der Waals surface area contributed by atoms with Crippen LogP contribution in [0, 0.1) is 0 Å². The number of H-pyrrole nitrogens is 1. The zero-order chi connectivity index (χ0) is 18.1. The van der Waals surface area contributed by atoms with Gasteiger partial charge in [-0.25, -0.2) is 4.98 Å². The maximum Gasteiger partial charge on any atom is 0.258 e. The van der Waals surface area contributed by atoms with Crippen LogP contribution in [0.1, 0.15) is 37.3 Å². The van der Waals surface area contributed by atoms with E-state index in [1.165, 1.54) is 16.3 Å². The lowest BCUT2D eigenvalue weighted by Gasteiger charge is -2.18. The van der Waals surface area contributed by atoms with Gasteiger partial charge in [0.25, 0.3) is 5.56 Å². The minimum Gasteiger partial charge on any atom is -0.332 e. The average Bonchev–Trinajstić information content (AvgIpc) is 2.67. The van der Waals surface area contributed by atoms with Crippen LogP contribution >= 0.6 is 0 Å². The molecule has 1 aromatic heterocycles. The van der Waals surface area contributed by atoms with Gasteiger partial charge in [-0.15, -0.1) is 0 Å². The third-order valence-electron chi connectivity index (χ3n) is 4.95. The number of nitrogens with zero attached hydrogens (tertiary/aromatic N) is 1. The highest BCUT2D eigenvalue weighted by Gasteiger charge is 2.19. The second-order valence-electron chi connectivity index (χ2n) is 6.81. The average molecular weight is 344 g/mol. The van der Waals surface area contributed by atoms with Gasteiger partial charge < -0.3 is 10.3 Å². The topological polar surface area (TPSA) is 62.4 Å². The molecule has 0 aliphatic heterocycles. The van der Waals surface area contributed by atoms with Crippen LogP contribution in [0.25, 0.3) is 21.7 Å². The molecule has 0 radical (unpaired) electrons. The molecule has 26 heavy (non-hydrogen) atoms. The first kappa shape index (κ1) is 16.5. The number of nitrogens with two attached hydrogens (primary N) is 1. The van der Waals surface area contributed by atoms with Gasteiger partial charge in [-0.1, -0.05) is 54.6 Å². The minimum absolute atomic E-state index is 0.0428. The van der Waals surface area contributed by atoms with Gasteiger partial charge in [0.1, 0.15) is 12.1 Å². The van der Waals surface area contributed by atoms with Gasteiger partial charge in [-0.2, -0.15) is 0 Å². The maximum atomic E-state index is 12.3. The fourth-order valence-electron chi connectivity index (χ4n) is 3.60. The Labute approximate surface area is 151 Å². The van der Waals surface area contributed by atoms with E-state index in [-0.39, 0.29) is 17.6 Å². The molecule has 0 saturated heterocycles. The first-order valence-corrected chi connectivity index (χ1v) is 8.95. The number of hydrogen-bond acceptors (Lipinski definition) is 2. The predicted molar refractivity (Wildman–Crippen MR) is 105 cm³/mol. The van der Waals surface area contributed by atoms with Gasteiger partial charge in [0.05, 0.1) is 10.9 Å². The number of para-hydroxylation sites is 1. The highest BCUT2D eigenvalue weighted by Crippen LogP contribution is 2.22. The molecule has 130 valence electrons. The van der Waals surface area contributed by atoms with Crippen LogP contribution in [-0.2, 0) is 0 Å². The zero-order valence-electron chi connectivity index (χ0n) is 14.9. The van der Waals surface area contributed by atoms with Crippen LogP contribution < -0.4 is 10.9 Å². The summed E-state index contributed by atoms with van der Waals surface area (Å²) in [6.45, 7) is 4.27. The van der Waals surface area contributed by atoms with Crippen LogP contribution in [0.4, 0.5) is 0 Å². The molecule has 0 spiro atoms. The van der Waals surface area contributed by atoms with E-state index in [0.29, 0.717) is 11.2 Å². The molecular formula is C22H22N3O+. The first-order chi connectivity index (χ1) is 12.6. The van der Waals surface area contributed by atoms with Crippen molar-refractivity contribution in [3.8, 4) is 0 Å². The molecule has 0 aliphatic carbocycles. The summed E-state index contributed by atoms with van der Waals surface area (Å²) in [6.07, 6.45) is 0. The molecule has 3 N–H and O–H groups in total. The maximum absolute atomic E-state index is 12.3. The summed E-state index contributed by atoms with van der Waals surface area (Å²) in [6, 6.07) is 22.6. The second-order valence-corrected chi connectivity index (χ2v) is 6.81. The molecule has 2 atom stereocenters. The summed E-state index contributed by atoms with van der Waals surface area (Å²) in [5, 5.41) is 5.39. The molecule has 4 heteroatoms. The van der Waals surface area contributed by atoms with Crippen molar-refractivity contribution in [1.82, 2.24) is 9.97 Å². The standard InChI is InChI=1S/C22H21N3O/c1-14(17-12-7-9-16-8-3-4-10-18(16)17)23-15(2)21-24-20-13-6-5-11-19(20)22(26)25-21/h3-15,23H,1-2H3,(H,24,25,26)/p+1/t14-,15-/m0/s1. The van der Waals surface area contributed by atoms with Gasteiger partial charge in [-0.05, 0) is 36.8 Å². The van der Waals surface area contributed by atoms with E-state index >= 15 is 0 Å². The summed E-state index contributed by atoms with van der Waals surface area (Å²) in [5.74, 6) is 0.709. The van der Waals surface area contributed by atoms with Crippen molar-refractivity contribution < 1.29 is 5.32 Å². The van der Waals surface area contributed by atoms with E-state index < -0.39 is 0 Å². The Hall–Kier alpha value is -2.98. The van der Waals surface area contributed by atoms with Crippen LogP contribution in [0.15, 0.2) is 71.5 Å². The molecule has 0 aliphatic rings. The lowest BCUT2D eigenvalue weighted by molar-refractivity contribution is -0.729. The van der Waals surface area contributed by atoms with E-state index in [9.17, 15) is 4.79 Å². The van der Waals surface area contributed by atoms with Crippen molar-refractivity contribution in [1.29, 1.82) is 0 Å². The number of aromatic nitrogens is 2. The van der Waals surface area contributed by atoms with Gasteiger partial charge in [0.2, 0.25) is 0 Å². The Balaban J connectivity index is 1.65. The fourth-order valence-corrected chi connectivity index (χ4v) is 3.60. The molecule has 0 unspecified atom stereocenters. The number of rotatable bonds is 4. The molecule has 4 aromatic rings. The lowest BCUT2D eigenvalue weighted by atomic mass is 9.99. The smallest absolute Gasteiger partial charge is 0.258 e. The third kappa shape index (κ3) is 3.00. The lowest BCUT2D eigenvalue weighted by Crippen LogP contribution is -2.85. The molecule has 1 heterocycles. The quantitative estimate of drug-likeness (QED) is 0.595. The second kappa shape index (κ2) is 6.73. The van der Waals surface area contributed by atoms with Gasteiger partial charge >= 0.3 is 0 Å². The molecule has 4 rings (SSSR count). The Kier molecular flexibility index (Phi) is 4.27. The number of quaternary nitrogens is 1. The van der Waals surface area contributed by atoms with E-state index in [1.54, 1.807) is 6.07 Å². The highest BCUT2D eigenvalue weighted by atomic mass is 16.1. The summed E-state index contributed by atoms with van der Waals surface area (Å²) in [4.78, 5) is 19.9. The molecule has 3 aromatic carbocycles. The van der Waals surface area contributed by atoms with Crippen LogP contribution in [0.5, 0.6) is 0 Å². The molecule has 0 amide bonds. The van der Waals surface area contributed by atoms with E-state index in [0.717, 1.165) is 5.52 Å². The van der Waals surface area contributed by atoms with Gasteiger partial charge in [-0.3, -0.25) is 4.79 Å². The predicted octanol–water partition coefficient (Wildman–Crippen LogP) is 3.46. The van der Waals surface area contributed by atoms with E-state index in [2.05, 4.69) is 71.6 Å². The van der Waals surface area contributed by atoms with Gasteiger partial charge in [0, 0.05) is 5.56 Å². The third-order valence-corrected chi connectivity index (χ3v) is 4.95. The van der Waals surface area contributed by atoms with Crippen molar-refractivity contribution in [2.45, 2.75) is 25.9 Å². The zero-order valence-corrected chi connectivity index (χ0v) is 14.9.